The Kier molecular flexibility index (Phi) is 4.82. The molecule has 1 aromatic carbocycles. The van der Waals surface area contributed by atoms with E-state index in [1.165, 1.54) is 25.4 Å². The summed E-state index contributed by atoms with van der Waals surface area (Å²) in [5, 5.41) is 5.96. The largest absolute Gasteiger partial charge is 0.484 e. The fraction of sp³-hybridized carbons (Fsp3) is 0.350. The van der Waals surface area contributed by atoms with Gasteiger partial charge in [0.1, 0.15) is 11.6 Å². The normalized spacial score (nSPS) is 24.0. The highest BCUT2D eigenvalue weighted by atomic mass is 35.5. The number of rotatable bonds is 7. The number of amides is 2. The molecule has 1 heterocycles. The second-order valence-corrected chi connectivity index (χ2v) is 7.95. The fourth-order valence-electron chi connectivity index (χ4n) is 4.05. The first-order valence-corrected chi connectivity index (χ1v) is 9.41. The number of carbonyl (C=O) groups is 2. The molecule has 0 spiro atoms. The average Bonchev–Trinajstić information content (AvgIpc) is 2.66. The summed E-state index contributed by atoms with van der Waals surface area (Å²) in [4.78, 5) is 28.6. The van der Waals surface area contributed by atoms with Crippen molar-refractivity contribution in [2.75, 3.05) is 13.7 Å². The molecule has 3 aliphatic carbocycles. The van der Waals surface area contributed by atoms with E-state index in [1.807, 2.05) is 0 Å². The summed E-state index contributed by atoms with van der Waals surface area (Å²) >= 11 is 5.62. The predicted octanol–water partition coefficient (Wildman–Crippen LogP) is 2.48. The van der Waals surface area contributed by atoms with Crippen molar-refractivity contribution in [2.24, 2.45) is 0 Å². The van der Waals surface area contributed by atoms with Crippen molar-refractivity contribution in [3.63, 3.8) is 0 Å². The van der Waals surface area contributed by atoms with Crippen LogP contribution in [0.15, 0.2) is 36.5 Å². The molecular formula is C20H19ClFN3O4. The maximum Gasteiger partial charge on any atom is 0.258 e. The lowest BCUT2D eigenvalue weighted by atomic mass is 9.44. The number of methoxy groups -OCH3 is 1. The number of nitrogens with zero attached hydrogens (tertiary/aromatic N) is 1. The van der Waals surface area contributed by atoms with Crippen LogP contribution in [0.25, 0.3) is 0 Å². The van der Waals surface area contributed by atoms with Gasteiger partial charge in [-0.2, -0.15) is 0 Å². The molecular weight excluding hydrogens is 401 g/mol. The van der Waals surface area contributed by atoms with E-state index >= 15 is 0 Å². The zero-order valence-electron chi connectivity index (χ0n) is 15.6. The molecule has 0 unspecified atom stereocenters. The average molecular weight is 420 g/mol. The van der Waals surface area contributed by atoms with Gasteiger partial charge in [-0.15, -0.1) is 0 Å². The van der Waals surface area contributed by atoms with Crippen LogP contribution >= 0.6 is 11.6 Å². The van der Waals surface area contributed by atoms with Crippen LogP contribution in [-0.2, 0) is 4.79 Å². The summed E-state index contributed by atoms with van der Waals surface area (Å²) in [6.07, 6.45) is 3.46. The SMILES string of the molecule is COc1ccc(C(=O)NC23CC(NC(=O)COc4ccc(Cl)c(F)c4)(C2)C3)cn1. The van der Waals surface area contributed by atoms with E-state index in [0.717, 1.165) is 6.07 Å². The van der Waals surface area contributed by atoms with Gasteiger partial charge in [0.2, 0.25) is 5.88 Å². The molecule has 3 saturated carbocycles. The third-order valence-corrected chi connectivity index (χ3v) is 5.59. The van der Waals surface area contributed by atoms with Gasteiger partial charge in [0.25, 0.3) is 11.8 Å². The number of nitrogens with one attached hydrogen (secondary N) is 2. The van der Waals surface area contributed by atoms with Gasteiger partial charge >= 0.3 is 0 Å². The molecule has 2 aromatic rings. The second kappa shape index (κ2) is 7.18. The van der Waals surface area contributed by atoms with Crippen molar-refractivity contribution in [3.8, 4) is 11.6 Å². The maximum atomic E-state index is 13.4. The number of carbonyl (C=O) groups excluding carboxylic acids is 2. The zero-order chi connectivity index (χ0) is 20.6. The van der Waals surface area contributed by atoms with Gasteiger partial charge in [-0.05, 0) is 37.5 Å². The van der Waals surface area contributed by atoms with Crippen LogP contribution in [0.4, 0.5) is 4.39 Å². The molecule has 29 heavy (non-hydrogen) atoms. The van der Waals surface area contributed by atoms with Gasteiger partial charge in [-0.3, -0.25) is 9.59 Å². The summed E-state index contributed by atoms with van der Waals surface area (Å²) in [5.41, 5.74) is -0.140. The minimum Gasteiger partial charge on any atom is -0.484 e. The van der Waals surface area contributed by atoms with E-state index < -0.39 is 5.82 Å². The number of pyridine rings is 1. The molecule has 1 aromatic heterocycles. The molecule has 0 atom stereocenters. The Hall–Kier alpha value is -2.87. The highest BCUT2D eigenvalue weighted by Gasteiger charge is 2.69. The van der Waals surface area contributed by atoms with Crippen LogP contribution in [0.1, 0.15) is 29.6 Å². The van der Waals surface area contributed by atoms with Crippen LogP contribution in [0.2, 0.25) is 5.02 Å². The number of aromatic nitrogens is 1. The van der Waals surface area contributed by atoms with Gasteiger partial charge in [-0.25, -0.2) is 9.37 Å². The number of hydrogen-bond donors (Lipinski definition) is 2. The van der Waals surface area contributed by atoms with E-state index in [1.54, 1.807) is 12.1 Å². The first kappa shape index (κ1) is 19.4. The van der Waals surface area contributed by atoms with Crippen molar-refractivity contribution in [1.29, 1.82) is 0 Å². The van der Waals surface area contributed by atoms with Crippen molar-refractivity contribution in [1.82, 2.24) is 15.6 Å². The van der Waals surface area contributed by atoms with Gasteiger partial charge < -0.3 is 20.1 Å². The lowest BCUT2D eigenvalue weighted by Crippen LogP contribution is -2.84. The van der Waals surface area contributed by atoms with Crippen LogP contribution < -0.4 is 20.1 Å². The predicted molar refractivity (Wildman–Crippen MR) is 103 cm³/mol. The number of halogens is 2. The maximum absolute atomic E-state index is 13.4. The number of ether oxygens (including phenoxy) is 2. The molecule has 3 fully saturated rings. The molecule has 2 bridgehead atoms. The quantitative estimate of drug-likeness (QED) is 0.719. The minimum absolute atomic E-state index is 0.00608. The van der Waals surface area contributed by atoms with E-state index in [2.05, 4.69) is 15.6 Å². The van der Waals surface area contributed by atoms with Crippen molar-refractivity contribution in [2.45, 2.75) is 30.3 Å². The lowest BCUT2D eigenvalue weighted by molar-refractivity contribution is -0.141. The topological polar surface area (TPSA) is 89.6 Å². The molecule has 0 aliphatic heterocycles. The molecule has 0 radical (unpaired) electrons. The summed E-state index contributed by atoms with van der Waals surface area (Å²) in [5.74, 6) is -0.422. The standard InChI is InChI=1S/C20H19ClFN3O4/c1-28-17-5-2-12(7-23-17)18(27)25-20-9-19(10-20,11-20)24-16(26)8-29-13-3-4-14(21)15(22)6-13/h2-7H,8-11H2,1H3,(H,24,26)(H,25,27). The third-order valence-electron chi connectivity index (χ3n) is 5.28. The monoisotopic (exact) mass is 419 g/mol. The Labute approximate surface area is 171 Å². The third kappa shape index (κ3) is 3.85. The Bertz CT molecular complexity index is 947. The van der Waals surface area contributed by atoms with Gasteiger partial charge in [0, 0.05) is 29.4 Å². The Balaban J connectivity index is 1.23. The summed E-state index contributed by atoms with van der Waals surface area (Å²) < 4.78 is 23.7. The first-order chi connectivity index (χ1) is 13.8. The summed E-state index contributed by atoms with van der Waals surface area (Å²) in [7, 11) is 1.51. The summed E-state index contributed by atoms with van der Waals surface area (Å²) in [6, 6.07) is 7.29. The molecule has 0 saturated heterocycles. The van der Waals surface area contributed by atoms with Gasteiger partial charge in [0.15, 0.2) is 6.61 Å². The van der Waals surface area contributed by atoms with Crippen LogP contribution in [0, 0.1) is 5.82 Å². The van der Waals surface area contributed by atoms with E-state index in [9.17, 15) is 14.0 Å². The molecule has 2 amide bonds. The highest BCUT2D eigenvalue weighted by Crippen LogP contribution is 2.60. The number of benzene rings is 1. The van der Waals surface area contributed by atoms with Crippen molar-refractivity contribution in [3.05, 3.63) is 52.9 Å². The number of hydrogen-bond acceptors (Lipinski definition) is 5. The van der Waals surface area contributed by atoms with E-state index in [-0.39, 0.29) is 40.3 Å². The Morgan fingerprint density at radius 3 is 2.52 bits per heavy atom. The molecule has 7 nitrogen and oxygen atoms in total. The molecule has 5 rings (SSSR count). The van der Waals surface area contributed by atoms with Crippen molar-refractivity contribution < 1.29 is 23.5 Å². The molecule has 9 heteroatoms. The van der Waals surface area contributed by atoms with E-state index in [0.29, 0.717) is 30.7 Å². The molecule has 3 aliphatic rings. The Morgan fingerprint density at radius 2 is 1.90 bits per heavy atom. The first-order valence-electron chi connectivity index (χ1n) is 9.04. The lowest BCUT2D eigenvalue weighted by Gasteiger charge is -2.70. The van der Waals surface area contributed by atoms with Gasteiger partial charge in [0.05, 0.1) is 17.7 Å². The summed E-state index contributed by atoms with van der Waals surface area (Å²) in [6.45, 7) is -0.223. The highest BCUT2D eigenvalue weighted by molar-refractivity contribution is 6.30. The van der Waals surface area contributed by atoms with Crippen LogP contribution in [0.5, 0.6) is 11.6 Å². The van der Waals surface area contributed by atoms with Gasteiger partial charge in [-0.1, -0.05) is 11.6 Å². The van der Waals surface area contributed by atoms with Crippen molar-refractivity contribution >= 4 is 23.4 Å². The Morgan fingerprint density at radius 1 is 1.17 bits per heavy atom. The smallest absolute Gasteiger partial charge is 0.258 e. The molecule has 2 N–H and O–H groups in total. The van der Waals surface area contributed by atoms with E-state index in [4.69, 9.17) is 21.1 Å². The second-order valence-electron chi connectivity index (χ2n) is 7.55. The fourth-order valence-corrected chi connectivity index (χ4v) is 4.17. The van der Waals surface area contributed by atoms with Crippen LogP contribution in [-0.4, -0.2) is 41.6 Å². The minimum atomic E-state index is -0.603. The van der Waals surface area contributed by atoms with Crippen LogP contribution in [0.3, 0.4) is 0 Å². The zero-order valence-corrected chi connectivity index (χ0v) is 16.4. The molecule has 152 valence electrons.